The molecule has 1 unspecified atom stereocenters. The molecule has 1 aromatic rings. The molecule has 1 aliphatic carbocycles. The number of amides is 2. The van der Waals surface area contributed by atoms with Gasteiger partial charge >= 0.3 is 6.09 Å². The van der Waals surface area contributed by atoms with E-state index in [0.29, 0.717) is 25.8 Å². The summed E-state index contributed by atoms with van der Waals surface area (Å²) in [5.41, 5.74) is 10.9. The topological polar surface area (TPSA) is 111 Å². The SMILES string of the molecule is NC(=O)OC1(C(=O)NC2(N)CCN(Cc3ccccc3)C2)CCCCC1. The maximum Gasteiger partial charge on any atom is 0.405 e. The summed E-state index contributed by atoms with van der Waals surface area (Å²) in [5.74, 6) is -0.319. The average molecular weight is 360 g/mol. The van der Waals surface area contributed by atoms with Crippen molar-refractivity contribution in [2.24, 2.45) is 11.5 Å². The highest BCUT2D eigenvalue weighted by Crippen LogP contribution is 2.33. The molecule has 1 heterocycles. The van der Waals surface area contributed by atoms with Crippen molar-refractivity contribution in [3.05, 3.63) is 35.9 Å². The van der Waals surface area contributed by atoms with E-state index in [0.717, 1.165) is 32.4 Å². The number of nitrogens with one attached hydrogen (secondary N) is 1. The Hall–Kier alpha value is -2.12. The summed E-state index contributed by atoms with van der Waals surface area (Å²) in [6.07, 6.45) is 3.41. The van der Waals surface area contributed by atoms with E-state index in [4.69, 9.17) is 16.2 Å². The van der Waals surface area contributed by atoms with Crippen LogP contribution in [0.5, 0.6) is 0 Å². The van der Waals surface area contributed by atoms with Gasteiger partial charge in [0.15, 0.2) is 5.60 Å². The summed E-state index contributed by atoms with van der Waals surface area (Å²) in [7, 11) is 0. The Balaban J connectivity index is 1.63. The predicted octanol–water partition coefficient (Wildman–Crippen LogP) is 1.46. The fourth-order valence-electron chi connectivity index (χ4n) is 4.02. The first kappa shape index (κ1) is 18.7. The molecule has 0 radical (unpaired) electrons. The first-order valence-electron chi connectivity index (χ1n) is 9.27. The van der Waals surface area contributed by atoms with Crippen LogP contribution in [0.15, 0.2) is 30.3 Å². The van der Waals surface area contributed by atoms with Crippen LogP contribution in [-0.4, -0.2) is 41.3 Å². The molecule has 2 aliphatic rings. The smallest absolute Gasteiger partial charge is 0.405 e. The van der Waals surface area contributed by atoms with Crippen molar-refractivity contribution in [1.29, 1.82) is 0 Å². The largest absolute Gasteiger partial charge is 0.433 e. The lowest BCUT2D eigenvalue weighted by atomic mass is 9.83. The Morgan fingerprint density at radius 1 is 1.12 bits per heavy atom. The molecule has 142 valence electrons. The summed E-state index contributed by atoms with van der Waals surface area (Å²) in [6, 6.07) is 10.2. The van der Waals surface area contributed by atoms with E-state index in [1.807, 2.05) is 18.2 Å². The second-order valence-corrected chi connectivity index (χ2v) is 7.53. The minimum absolute atomic E-state index is 0.319. The van der Waals surface area contributed by atoms with Crippen molar-refractivity contribution in [1.82, 2.24) is 10.2 Å². The monoisotopic (exact) mass is 360 g/mol. The van der Waals surface area contributed by atoms with E-state index in [1.54, 1.807) is 0 Å². The standard InChI is InChI=1S/C19H28N4O3/c20-17(25)26-18(9-5-2-6-10-18)16(24)22-19(21)11-12-23(14-19)13-15-7-3-1-4-8-15/h1,3-4,7-8H,2,5-6,9-14,21H2,(H2,20,25)(H,22,24). The van der Waals surface area contributed by atoms with Crippen LogP contribution in [0, 0.1) is 0 Å². The van der Waals surface area contributed by atoms with Gasteiger partial charge in [-0.25, -0.2) is 4.79 Å². The van der Waals surface area contributed by atoms with E-state index in [1.165, 1.54) is 5.56 Å². The molecule has 0 bridgehead atoms. The lowest BCUT2D eigenvalue weighted by Gasteiger charge is -2.37. The van der Waals surface area contributed by atoms with E-state index in [2.05, 4.69) is 22.3 Å². The molecule has 1 saturated heterocycles. The maximum atomic E-state index is 12.9. The normalized spacial score (nSPS) is 25.6. The molecule has 1 saturated carbocycles. The number of primary amides is 1. The van der Waals surface area contributed by atoms with Gasteiger partial charge < -0.3 is 21.5 Å². The highest BCUT2D eigenvalue weighted by molar-refractivity contribution is 5.88. The lowest BCUT2D eigenvalue weighted by Crippen LogP contribution is -2.63. The Kier molecular flexibility index (Phi) is 5.48. The van der Waals surface area contributed by atoms with Crippen molar-refractivity contribution < 1.29 is 14.3 Å². The molecule has 26 heavy (non-hydrogen) atoms. The molecule has 1 aliphatic heterocycles. The Morgan fingerprint density at radius 3 is 2.46 bits per heavy atom. The number of nitrogens with two attached hydrogens (primary N) is 2. The van der Waals surface area contributed by atoms with Crippen LogP contribution in [-0.2, 0) is 16.1 Å². The molecule has 5 N–H and O–H groups in total. The number of ether oxygens (including phenoxy) is 1. The number of likely N-dealkylation sites (tertiary alicyclic amines) is 1. The number of carbonyl (C=O) groups is 2. The second kappa shape index (κ2) is 7.63. The number of carbonyl (C=O) groups excluding carboxylic acids is 2. The lowest BCUT2D eigenvalue weighted by molar-refractivity contribution is -0.145. The van der Waals surface area contributed by atoms with Gasteiger partial charge in [0.05, 0.1) is 0 Å². The van der Waals surface area contributed by atoms with E-state index in [9.17, 15) is 9.59 Å². The molecule has 7 nitrogen and oxygen atoms in total. The molecule has 7 heteroatoms. The highest BCUT2D eigenvalue weighted by Gasteiger charge is 2.46. The zero-order valence-corrected chi connectivity index (χ0v) is 15.1. The number of nitrogens with zero attached hydrogens (tertiary/aromatic N) is 1. The molecule has 1 atom stereocenters. The van der Waals surface area contributed by atoms with Gasteiger partial charge in [-0.05, 0) is 37.7 Å². The van der Waals surface area contributed by atoms with E-state index in [-0.39, 0.29) is 5.91 Å². The van der Waals surface area contributed by atoms with Gasteiger partial charge in [-0.1, -0.05) is 36.8 Å². The maximum absolute atomic E-state index is 12.9. The van der Waals surface area contributed by atoms with E-state index < -0.39 is 17.4 Å². The predicted molar refractivity (Wildman–Crippen MR) is 97.9 cm³/mol. The third kappa shape index (κ3) is 4.34. The van der Waals surface area contributed by atoms with Gasteiger partial charge in [0.25, 0.3) is 5.91 Å². The fourth-order valence-corrected chi connectivity index (χ4v) is 4.02. The first-order chi connectivity index (χ1) is 12.4. The van der Waals surface area contributed by atoms with Gasteiger partial charge in [-0.15, -0.1) is 0 Å². The van der Waals surface area contributed by atoms with Crippen LogP contribution < -0.4 is 16.8 Å². The quantitative estimate of drug-likeness (QED) is 0.689. The van der Waals surface area contributed by atoms with Crippen LogP contribution >= 0.6 is 0 Å². The molecular formula is C19H28N4O3. The van der Waals surface area contributed by atoms with Crippen LogP contribution in [0.25, 0.3) is 0 Å². The third-order valence-electron chi connectivity index (χ3n) is 5.36. The van der Waals surface area contributed by atoms with Crippen molar-refractivity contribution >= 4 is 12.0 Å². The molecule has 0 aromatic heterocycles. The minimum Gasteiger partial charge on any atom is -0.433 e. The van der Waals surface area contributed by atoms with Crippen molar-refractivity contribution in [2.75, 3.05) is 13.1 Å². The van der Waals surface area contributed by atoms with Crippen molar-refractivity contribution in [2.45, 2.75) is 56.3 Å². The number of benzene rings is 1. The molecule has 1 aromatic carbocycles. The number of hydrogen-bond donors (Lipinski definition) is 3. The van der Waals surface area contributed by atoms with E-state index >= 15 is 0 Å². The minimum atomic E-state index is -1.18. The summed E-state index contributed by atoms with van der Waals surface area (Å²) < 4.78 is 5.28. The second-order valence-electron chi connectivity index (χ2n) is 7.53. The summed E-state index contributed by atoms with van der Waals surface area (Å²) >= 11 is 0. The number of rotatable bonds is 5. The van der Waals surface area contributed by atoms with Gasteiger partial charge in [0.1, 0.15) is 5.66 Å². The summed E-state index contributed by atoms with van der Waals surface area (Å²) in [5, 5.41) is 2.95. The van der Waals surface area contributed by atoms with Crippen LogP contribution in [0.2, 0.25) is 0 Å². The van der Waals surface area contributed by atoms with Crippen LogP contribution in [0.4, 0.5) is 4.79 Å². The molecule has 2 fully saturated rings. The number of hydrogen-bond acceptors (Lipinski definition) is 5. The highest BCUT2D eigenvalue weighted by atomic mass is 16.6. The van der Waals surface area contributed by atoms with Crippen LogP contribution in [0.3, 0.4) is 0 Å². The van der Waals surface area contributed by atoms with Gasteiger partial charge in [0.2, 0.25) is 0 Å². The summed E-state index contributed by atoms with van der Waals surface area (Å²) in [4.78, 5) is 26.5. The van der Waals surface area contributed by atoms with Crippen molar-refractivity contribution in [3.8, 4) is 0 Å². The average Bonchev–Trinajstić information content (AvgIpc) is 2.96. The molecule has 2 amide bonds. The zero-order valence-electron chi connectivity index (χ0n) is 15.1. The van der Waals surface area contributed by atoms with Crippen molar-refractivity contribution in [3.63, 3.8) is 0 Å². The summed E-state index contributed by atoms with van der Waals surface area (Å²) in [6.45, 7) is 2.15. The Bertz CT molecular complexity index is 645. The fraction of sp³-hybridized carbons (Fsp3) is 0.579. The molecule has 3 rings (SSSR count). The first-order valence-corrected chi connectivity index (χ1v) is 9.27. The van der Waals surface area contributed by atoms with Gasteiger partial charge in [0, 0.05) is 19.6 Å². The van der Waals surface area contributed by atoms with Gasteiger partial charge in [-0.3, -0.25) is 9.69 Å². The Labute approximate surface area is 154 Å². The molecule has 0 spiro atoms. The van der Waals surface area contributed by atoms with Crippen LogP contribution in [0.1, 0.15) is 44.1 Å². The Morgan fingerprint density at radius 2 is 1.81 bits per heavy atom. The third-order valence-corrected chi connectivity index (χ3v) is 5.36. The zero-order chi connectivity index (χ0) is 18.6. The molecular weight excluding hydrogens is 332 g/mol. The van der Waals surface area contributed by atoms with Gasteiger partial charge in [-0.2, -0.15) is 0 Å².